The van der Waals surface area contributed by atoms with E-state index in [1.807, 2.05) is 0 Å². The quantitative estimate of drug-likeness (QED) is 0.357. The van der Waals surface area contributed by atoms with Crippen LogP contribution in [0.2, 0.25) is 15.1 Å². The zero-order valence-corrected chi connectivity index (χ0v) is 12.7. The Hall–Kier alpha value is -1.50. The molecule has 0 aromatic heterocycles. The molecule has 0 atom stereocenters. The van der Waals surface area contributed by atoms with Crippen LogP contribution in [-0.2, 0) is 6.18 Å². The monoisotopic (exact) mass is 369 g/mol. The van der Waals surface area contributed by atoms with Crippen molar-refractivity contribution < 1.29 is 18.1 Å². The van der Waals surface area contributed by atoms with E-state index in [9.17, 15) is 23.3 Å². The third-order valence-electron chi connectivity index (χ3n) is 2.83. The smallest absolute Gasteiger partial charge is 0.258 e. The lowest BCUT2D eigenvalue weighted by Crippen LogP contribution is -2.09. The summed E-state index contributed by atoms with van der Waals surface area (Å²) < 4.78 is 39.0. The first kappa shape index (κ1) is 16.9. The van der Waals surface area contributed by atoms with Crippen molar-refractivity contribution in [3.63, 3.8) is 0 Å². The predicted octanol–water partition coefficient (Wildman–Crippen LogP) is 6.24. The zero-order chi connectivity index (χ0) is 16.7. The van der Waals surface area contributed by atoms with Crippen molar-refractivity contribution in [2.75, 3.05) is 0 Å². The molecule has 116 valence electrons. The van der Waals surface area contributed by atoms with E-state index in [1.165, 1.54) is 12.1 Å². The van der Waals surface area contributed by atoms with Crippen molar-refractivity contribution in [3.05, 3.63) is 61.1 Å². The van der Waals surface area contributed by atoms with E-state index >= 15 is 0 Å². The fraction of sp³-hybridized carbons (Fsp3) is 0.0769. The van der Waals surface area contributed by atoms with Gasteiger partial charge in [-0.1, -0.05) is 34.8 Å². The van der Waals surface area contributed by atoms with Gasteiger partial charge >= 0.3 is 6.18 Å². The lowest BCUT2D eigenvalue weighted by atomic mass is 10.0. The molecule has 0 amide bonds. The minimum absolute atomic E-state index is 0.0181. The van der Waals surface area contributed by atoms with Gasteiger partial charge in [0.05, 0.1) is 15.0 Å². The normalized spacial score (nSPS) is 11.5. The summed E-state index contributed by atoms with van der Waals surface area (Å²) in [6.07, 6.45) is -4.89. The van der Waals surface area contributed by atoms with Crippen molar-refractivity contribution in [2.24, 2.45) is 0 Å². The average Bonchev–Trinajstić information content (AvgIpc) is 2.42. The number of halogens is 6. The Morgan fingerprint density at radius 3 is 2.14 bits per heavy atom. The van der Waals surface area contributed by atoms with Crippen LogP contribution in [0.4, 0.5) is 18.9 Å². The Kier molecular flexibility index (Phi) is 4.56. The molecule has 0 N–H and O–H groups in total. The number of nitrogens with zero attached hydrogens (tertiary/aromatic N) is 1. The fourth-order valence-corrected chi connectivity index (χ4v) is 2.62. The summed E-state index contributed by atoms with van der Waals surface area (Å²) in [7, 11) is 0. The van der Waals surface area contributed by atoms with E-state index in [4.69, 9.17) is 34.8 Å². The van der Waals surface area contributed by atoms with Gasteiger partial charge in [0.1, 0.15) is 5.56 Å². The number of nitro groups is 1. The van der Waals surface area contributed by atoms with Crippen molar-refractivity contribution in [2.45, 2.75) is 6.18 Å². The van der Waals surface area contributed by atoms with Gasteiger partial charge in [0.25, 0.3) is 5.69 Å². The summed E-state index contributed by atoms with van der Waals surface area (Å²) >= 11 is 17.7. The van der Waals surface area contributed by atoms with E-state index < -0.39 is 22.4 Å². The molecule has 0 aliphatic rings. The molecule has 2 rings (SSSR count). The number of alkyl halides is 3. The van der Waals surface area contributed by atoms with Gasteiger partial charge in [-0.3, -0.25) is 10.1 Å². The highest BCUT2D eigenvalue weighted by atomic mass is 35.5. The van der Waals surface area contributed by atoms with Crippen molar-refractivity contribution in [1.29, 1.82) is 0 Å². The van der Waals surface area contributed by atoms with Crippen LogP contribution < -0.4 is 0 Å². The molecule has 0 unspecified atom stereocenters. The molecule has 0 heterocycles. The Balaban J connectivity index is 2.75. The average molecular weight is 371 g/mol. The molecule has 3 nitrogen and oxygen atoms in total. The van der Waals surface area contributed by atoms with Gasteiger partial charge in [-0.2, -0.15) is 13.2 Å². The van der Waals surface area contributed by atoms with E-state index in [0.717, 1.165) is 12.1 Å². The fourth-order valence-electron chi connectivity index (χ4n) is 1.87. The molecular formula is C13H5Cl3F3NO2. The Labute approximate surface area is 137 Å². The minimum Gasteiger partial charge on any atom is -0.258 e. The van der Waals surface area contributed by atoms with Crippen molar-refractivity contribution >= 4 is 40.5 Å². The Morgan fingerprint density at radius 1 is 1.00 bits per heavy atom. The van der Waals surface area contributed by atoms with Crippen LogP contribution in [0.1, 0.15) is 5.56 Å². The molecule has 0 saturated carbocycles. The third kappa shape index (κ3) is 3.14. The van der Waals surface area contributed by atoms with Gasteiger partial charge in [0.2, 0.25) is 0 Å². The number of hydrogen-bond donors (Lipinski definition) is 0. The molecular weight excluding hydrogens is 366 g/mol. The van der Waals surface area contributed by atoms with E-state index in [1.54, 1.807) is 0 Å². The van der Waals surface area contributed by atoms with Crippen LogP contribution >= 0.6 is 34.8 Å². The highest BCUT2D eigenvalue weighted by molar-refractivity contribution is 6.46. The molecule has 0 aliphatic heterocycles. The first-order valence-electron chi connectivity index (χ1n) is 5.62. The van der Waals surface area contributed by atoms with Crippen molar-refractivity contribution in [3.8, 4) is 11.1 Å². The summed E-state index contributed by atoms with van der Waals surface area (Å²) in [4.78, 5) is 9.63. The predicted molar refractivity (Wildman–Crippen MR) is 78.6 cm³/mol. The van der Waals surface area contributed by atoms with E-state index in [2.05, 4.69) is 0 Å². The number of hydrogen-bond acceptors (Lipinski definition) is 2. The molecule has 0 radical (unpaired) electrons. The maximum absolute atomic E-state index is 13.0. The van der Waals surface area contributed by atoms with Crippen LogP contribution in [0.15, 0.2) is 30.3 Å². The maximum atomic E-state index is 13.0. The molecule has 2 aromatic carbocycles. The number of rotatable bonds is 2. The number of nitro benzene ring substituents is 1. The summed E-state index contributed by atoms with van der Waals surface area (Å²) in [5.41, 5.74) is -2.38. The van der Waals surface area contributed by atoms with Gasteiger partial charge in [0, 0.05) is 16.7 Å². The molecule has 9 heteroatoms. The summed E-state index contributed by atoms with van der Waals surface area (Å²) in [6.45, 7) is 0. The highest BCUT2D eigenvalue weighted by Crippen LogP contribution is 2.43. The Morgan fingerprint density at radius 2 is 1.59 bits per heavy atom. The summed E-state index contributed by atoms with van der Waals surface area (Å²) in [5, 5.41) is 10.9. The van der Waals surface area contributed by atoms with Crippen molar-refractivity contribution in [1.82, 2.24) is 0 Å². The minimum atomic E-state index is -4.89. The standard InChI is InChI=1S/C13H5Cl3F3NO2/c14-8-2-3-9(15)12(16)11(8)6-1-4-10(20(21)22)7(5-6)13(17,18)19/h1-5H. The molecule has 22 heavy (non-hydrogen) atoms. The topological polar surface area (TPSA) is 43.1 Å². The molecule has 2 aromatic rings. The van der Waals surface area contributed by atoms with Gasteiger partial charge in [-0.15, -0.1) is 0 Å². The zero-order valence-electron chi connectivity index (χ0n) is 10.4. The summed E-state index contributed by atoms with van der Waals surface area (Å²) in [5.74, 6) is 0. The maximum Gasteiger partial charge on any atom is 0.423 e. The van der Waals surface area contributed by atoms with Gasteiger partial charge in [-0.05, 0) is 29.8 Å². The van der Waals surface area contributed by atoms with Crippen LogP contribution in [0.25, 0.3) is 11.1 Å². The van der Waals surface area contributed by atoms with Crippen LogP contribution in [0, 0.1) is 10.1 Å². The SMILES string of the molecule is O=[N+]([O-])c1ccc(-c2c(Cl)ccc(Cl)c2Cl)cc1C(F)(F)F. The van der Waals surface area contributed by atoms with E-state index in [-0.39, 0.29) is 26.2 Å². The second-order valence-corrected chi connectivity index (χ2v) is 5.40. The molecule has 0 bridgehead atoms. The first-order valence-corrected chi connectivity index (χ1v) is 6.76. The molecule has 0 spiro atoms. The molecule has 0 aliphatic carbocycles. The van der Waals surface area contributed by atoms with Crippen LogP contribution in [-0.4, -0.2) is 4.92 Å². The molecule has 0 saturated heterocycles. The van der Waals surface area contributed by atoms with Crippen LogP contribution in [0.5, 0.6) is 0 Å². The highest BCUT2D eigenvalue weighted by Gasteiger charge is 2.38. The van der Waals surface area contributed by atoms with E-state index in [0.29, 0.717) is 6.07 Å². The third-order valence-corrected chi connectivity index (χ3v) is 3.95. The first-order chi connectivity index (χ1) is 10.1. The lowest BCUT2D eigenvalue weighted by Gasteiger charge is -2.12. The lowest BCUT2D eigenvalue weighted by molar-refractivity contribution is -0.388. The van der Waals surface area contributed by atoms with Gasteiger partial charge in [0.15, 0.2) is 0 Å². The Bertz CT molecular complexity index is 763. The van der Waals surface area contributed by atoms with Gasteiger partial charge < -0.3 is 0 Å². The second kappa shape index (κ2) is 5.95. The van der Waals surface area contributed by atoms with Crippen LogP contribution in [0.3, 0.4) is 0 Å². The second-order valence-electron chi connectivity index (χ2n) is 4.20. The number of benzene rings is 2. The van der Waals surface area contributed by atoms with Gasteiger partial charge in [-0.25, -0.2) is 0 Å². The largest absolute Gasteiger partial charge is 0.423 e. The summed E-state index contributed by atoms with van der Waals surface area (Å²) in [6, 6.07) is 5.29. The molecule has 0 fully saturated rings.